The Bertz CT molecular complexity index is 728. The third kappa shape index (κ3) is 3.00. The summed E-state index contributed by atoms with van der Waals surface area (Å²) in [7, 11) is 1.70. The molecule has 0 N–H and O–H groups in total. The van der Waals surface area contributed by atoms with Crippen LogP contribution in [0.2, 0.25) is 4.34 Å². The third-order valence-electron chi connectivity index (χ3n) is 3.57. The summed E-state index contributed by atoms with van der Waals surface area (Å²) in [4.78, 5) is 27.0. The molecule has 0 saturated carbocycles. The second kappa shape index (κ2) is 6.10. The lowest BCUT2D eigenvalue weighted by Gasteiger charge is -2.27. The quantitative estimate of drug-likeness (QED) is 0.809. The fourth-order valence-corrected chi connectivity index (χ4v) is 3.60. The Morgan fingerprint density at radius 2 is 2.14 bits per heavy atom. The maximum absolute atomic E-state index is 12.5. The van der Waals surface area contributed by atoms with Gasteiger partial charge in [0.05, 0.1) is 16.4 Å². The van der Waals surface area contributed by atoms with Crippen LogP contribution in [0.25, 0.3) is 0 Å². The maximum Gasteiger partial charge on any atom is 0.339 e. The van der Waals surface area contributed by atoms with E-state index in [-0.39, 0.29) is 5.91 Å². The molecule has 1 aromatic heterocycles. The zero-order valence-corrected chi connectivity index (χ0v) is 13.5. The van der Waals surface area contributed by atoms with Crippen molar-refractivity contribution < 1.29 is 14.3 Å². The van der Waals surface area contributed by atoms with Crippen molar-refractivity contribution in [2.75, 3.05) is 7.05 Å². The van der Waals surface area contributed by atoms with Crippen LogP contribution in [0.5, 0.6) is 0 Å². The van der Waals surface area contributed by atoms with E-state index in [1.54, 1.807) is 30.1 Å². The van der Waals surface area contributed by atoms with Crippen LogP contribution in [0.1, 0.15) is 20.8 Å². The van der Waals surface area contributed by atoms with E-state index in [2.05, 4.69) is 0 Å². The van der Waals surface area contributed by atoms with Gasteiger partial charge in [-0.3, -0.25) is 4.79 Å². The van der Waals surface area contributed by atoms with E-state index < -0.39 is 12.1 Å². The number of rotatable bonds is 3. The highest BCUT2D eigenvalue weighted by molar-refractivity contribution is 7.16. The number of hydrogen-bond donors (Lipinski definition) is 0. The summed E-state index contributed by atoms with van der Waals surface area (Å²) in [6, 6.07) is 10.9. The molecule has 0 bridgehead atoms. The maximum atomic E-state index is 12.5. The van der Waals surface area contributed by atoms with Crippen molar-refractivity contribution in [3.05, 3.63) is 56.7 Å². The number of carbonyl (C=O) groups is 2. The van der Waals surface area contributed by atoms with Crippen molar-refractivity contribution in [1.29, 1.82) is 0 Å². The zero-order valence-electron chi connectivity index (χ0n) is 11.9. The fourth-order valence-electron chi connectivity index (χ4n) is 2.46. The summed E-state index contributed by atoms with van der Waals surface area (Å²) < 4.78 is 5.97. The van der Waals surface area contributed by atoms with Crippen LogP contribution in [0.15, 0.2) is 36.4 Å². The van der Waals surface area contributed by atoms with Gasteiger partial charge in [0, 0.05) is 18.3 Å². The molecule has 2 heterocycles. The SMILES string of the molecule is CN(Cc1ccc(Cl)s1)C(=O)[C@H]1Cc2ccccc2C(=O)O1. The first kappa shape index (κ1) is 15.1. The molecule has 0 spiro atoms. The van der Waals surface area contributed by atoms with Gasteiger partial charge in [-0.15, -0.1) is 11.3 Å². The van der Waals surface area contributed by atoms with Crippen molar-refractivity contribution in [2.45, 2.75) is 19.1 Å². The van der Waals surface area contributed by atoms with Gasteiger partial charge in [-0.25, -0.2) is 4.79 Å². The molecule has 0 unspecified atom stereocenters. The van der Waals surface area contributed by atoms with E-state index >= 15 is 0 Å². The van der Waals surface area contributed by atoms with Gasteiger partial charge in [0.15, 0.2) is 6.10 Å². The van der Waals surface area contributed by atoms with Gasteiger partial charge in [-0.05, 0) is 23.8 Å². The molecule has 1 aliphatic rings. The predicted octanol–water partition coefficient (Wildman–Crippen LogP) is 3.14. The van der Waals surface area contributed by atoms with Gasteiger partial charge in [0.25, 0.3) is 5.91 Å². The smallest absolute Gasteiger partial charge is 0.339 e. The molecule has 4 nitrogen and oxygen atoms in total. The van der Waals surface area contributed by atoms with E-state index in [1.165, 1.54) is 11.3 Å². The van der Waals surface area contributed by atoms with Crippen molar-refractivity contribution >= 4 is 34.8 Å². The Morgan fingerprint density at radius 1 is 1.36 bits per heavy atom. The third-order valence-corrected chi connectivity index (χ3v) is 4.78. The lowest BCUT2D eigenvalue weighted by atomic mass is 9.98. The highest BCUT2D eigenvalue weighted by atomic mass is 35.5. The number of benzene rings is 1. The number of halogens is 1. The lowest BCUT2D eigenvalue weighted by Crippen LogP contribution is -2.42. The molecule has 1 atom stereocenters. The number of fused-ring (bicyclic) bond motifs is 1. The Balaban J connectivity index is 1.72. The highest BCUT2D eigenvalue weighted by Crippen LogP contribution is 2.24. The summed E-state index contributed by atoms with van der Waals surface area (Å²) in [5.74, 6) is -0.639. The van der Waals surface area contributed by atoms with Crippen LogP contribution < -0.4 is 0 Å². The number of likely N-dealkylation sites (N-methyl/N-ethyl adjacent to an activating group) is 1. The second-order valence-corrected chi connectivity index (χ2v) is 6.95. The largest absolute Gasteiger partial charge is 0.448 e. The van der Waals surface area contributed by atoms with Crippen LogP contribution in [-0.4, -0.2) is 29.9 Å². The van der Waals surface area contributed by atoms with Crippen LogP contribution in [0, 0.1) is 0 Å². The van der Waals surface area contributed by atoms with E-state index in [1.807, 2.05) is 18.2 Å². The van der Waals surface area contributed by atoms with Gasteiger partial charge in [-0.2, -0.15) is 0 Å². The van der Waals surface area contributed by atoms with Crippen LogP contribution in [-0.2, 0) is 22.5 Å². The molecule has 0 aliphatic carbocycles. The molecule has 1 aromatic carbocycles. The van der Waals surface area contributed by atoms with Crippen molar-refractivity contribution in [3.63, 3.8) is 0 Å². The minimum Gasteiger partial charge on any atom is -0.448 e. The Labute approximate surface area is 137 Å². The number of ether oxygens (including phenoxy) is 1. The number of hydrogen-bond acceptors (Lipinski definition) is 4. The zero-order chi connectivity index (χ0) is 15.7. The van der Waals surface area contributed by atoms with Gasteiger partial charge in [0.1, 0.15) is 0 Å². The first-order valence-electron chi connectivity index (χ1n) is 6.82. The van der Waals surface area contributed by atoms with Crippen molar-refractivity contribution in [2.24, 2.45) is 0 Å². The fraction of sp³-hybridized carbons (Fsp3) is 0.250. The summed E-state index contributed by atoms with van der Waals surface area (Å²) >= 11 is 7.33. The second-order valence-electron chi connectivity index (χ2n) is 5.16. The van der Waals surface area contributed by atoms with E-state index in [9.17, 15) is 9.59 Å². The molecule has 6 heteroatoms. The Kier molecular flexibility index (Phi) is 4.18. The van der Waals surface area contributed by atoms with Crippen LogP contribution in [0.3, 0.4) is 0 Å². The molecule has 2 aromatic rings. The number of thiophene rings is 1. The van der Waals surface area contributed by atoms with E-state index in [0.717, 1.165) is 10.4 Å². The average Bonchev–Trinajstić information content (AvgIpc) is 2.91. The van der Waals surface area contributed by atoms with Gasteiger partial charge >= 0.3 is 5.97 Å². The van der Waals surface area contributed by atoms with Gasteiger partial charge in [-0.1, -0.05) is 29.8 Å². The first-order chi connectivity index (χ1) is 10.5. The van der Waals surface area contributed by atoms with Gasteiger partial charge < -0.3 is 9.64 Å². The van der Waals surface area contributed by atoms with Crippen molar-refractivity contribution in [3.8, 4) is 0 Å². The predicted molar refractivity (Wildman–Crippen MR) is 85.2 cm³/mol. The Hall–Kier alpha value is -1.85. The van der Waals surface area contributed by atoms with E-state index in [4.69, 9.17) is 16.3 Å². The highest BCUT2D eigenvalue weighted by Gasteiger charge is 2.32. The first-order valence-corrected chi connectivity index (χ1v) is 8.02. The standard InChI is InChI=1S/C16H14ClNO3S/c1-18(9-11-6-7-14(17)22-11)15(19)13-8-10-4-2-3-5-12(10)16(20)21-13/h2-7,13H,8-9H2,1H3/t13-/m1/s1. The number of cyclic esters (lactones) is 1. The summed E-state index contributed by atoms with van der Waals surface area (Å²) in [5, 5.41) is 0. The number of carbonyl (C=O) groups excluding carboxylic acids is 2. The van der Waals surface area contributed by atoms with Crippen LogP contribution in [0.4, 0.5) is 0 Å². The average molecular weight is 336 g/mol. The molecule has 22 heavy (non-hydrogen) atoms. The number of amides is 1. The summed E-state index contributed by atoms with van der Waals surface area (Å²) in [6.07, 6.45) is -0.348. The molecule has 3 rings (SSSR count). The molecular weight excluding hydrogens is 322 g/mol. The normalized spacial score (nSPS) is 16.8. The lowest BCUT2D eigenvalue weighted by molar-refractivity contribution is -0.140. The van der Waals surface area contributed by atoms with Crippen LogP contribution >= 0.6 is 22.9 Å². The molecule has 1 amide bonds. The molecule has 0 fully saturated rings. The van der Waals surface area contributed by atoms with Gasteiger partial charge in [0.2, 0.25) is 0 Å². The number of esters is 1. The molecule has 0 radical (unpaired) electrons. The van der Waals surface area contributed by atoms with Crippen molar-refractivity contribution in [1.82, 2.24) is 4.90 Å². The number of nitrogens with zero attached hydrogens (tertiary/aromatic N) is 1. The minimum atomic E-state index is -0.761. The molecule has 1 aliphatic heterocycles. The monoisotopic (exact) mass is 335 g/mol. The summed E-state index contributed by atoms with van der Waals surface area (Å²) in [5.41, 5.74) is 1.39. The van der Waals surface area contributed by atoms with E-state index in [0.29, 0.717) is 22.9 Å². The molecule has 0 saturated heterocycles. The Morgan fingerprint density at radius 3 is 2.86 bits per heavy atom. The minimum absolute atomic E-state index is 0.202. The molecule has 114 valence electrons. The summed E-state index contributed by atoms with van der Waals surface area (Å²) in [6.45, 7) is 0.450. The topological polar surface area (TPSA) is 46.6 Å². The molecular formula is C16H14ClNO3S.